The predicted octanol–water partition coefficient (Wildman–Crippen LogP) is -0.543. The summed E-state index contributed by atoms with van der Waals surface area (Å²) in [4.78, 5) is 21.7. The number of ether oxygens (including phenoxy) is 1. The molecule has 0 aliphatic heterocycles. The lowest BCUT2D eigenvalue weighted by Crippen LogP contribution is -2.43. The van der Waals surface area contributed by atoms with Gasteiger partial charge in [0.1, 0.15) is 17.7 Å². The van der Waals surface area contributed by atoms with E-state index in [1.165, 1.54) is 0 Å². The average Bonchev–Trinajstić information content (AvgIpc) is 2.00. The number of carboxylic acids is 1. The molecule has 5 N–H and O–H groups in total. The summed E-state index contributed by atoms with van der Waals surface area (Å²) in [6, 6.07) is -2.15. The van der Waals surface area contributed by atoms with Crippen molar-refractivity contribution in [2.75, 3.05) is 0 Å². The predicted molar refractivity (Wildman–Crippen MR) is 54.0 cm³/mol. The SMILES string of the molecule is CC(C)(C)OC(=O)C(N)CC(N)C(=O)O. The summed E-state index contributed by atoms with van der Waals surface area (Å²) in [5, 5.41) is 8.51. The molecular formula is C9H18N2O4. The molecule has 0 radical (unpaired) electrons. The number of carbonyl (C=O) groups excluding carboxylic acids is 1. The van der Waals surface area contributed by atoms with Crippen molar-refractivity contribution in [3.05, 3.63) is 0 Å². The Kier molecular flexibility index (Phi) is 4.70. The zero-order valence-electron chi connectivity index (χ0n) is 9.19. The molecule has 0 aromatic carbocycles. The minimum absolute atomic E-state index is 0.135. The molecule has 15 heavy (non-hydrogen) atoms. The summed E-state index contributed by atoms with van der Waals surface area (Å²) < 4.78 is 4.97. The number of hydrogen-bond acceptors (Lipinski definition) is 5. The van der Waals surface area contributed by atoms with Gasteiger partial charge in [-0.15, -0.1) is 0 Å². The molecule has 0 aromatic rings. The van der Waals surface area contributed by atoms with E-state index in [9.17, 15) is 9.59 Å². The van der Waals surface area contributed by atoms with Crippen LogP contribution in [-0.2, 0) is 14.3 Å². The lowest BCUT2D eigenvalue weighted by molar-refractivity contribution is -0.156. The Morgan fingerprint density at radius 3 is 2.07 bits per heavy atom. The fourth-order valence-electron chi connectivity index (χ4n) is 0.848. The first-order valence-corrected chi connectivity index (χ1v) is 4.60. The van der Waals surface area contributed by atoms with Crippen molar-refractivity contribution in [1.29, 1.82) is 0 Å². The van der Waals surface area contributed by atoms with E-state index in [4.69, 9.17) is 21.3 Å². The third-order valence-corrected chi connectivity index (χ3v) is 1.53. The molecule has 0 aliphatic carbocycles. The normalized spacial score (nSPS) is 15.5. The molecule has 0 heterocycles. The third kappa shape index (κ3) is 6.03. The van der Waals surface area contributed by atoms with Crippen LogP contribution in [0.4, 0.5) is 0 Å². The Labute approximate surface area is 88.6 Å². The highest BCUT2D eigenvalue weighted by atomic mass is 16.6. The van der Waals surface area contributed by atoms with Crippen LogP contribution in [0.3, 0.4) is 0 Å². The topological polar surface area (TPSA) is 116 Å². The van der Waals surface area contributed by atoms with Gasteiger partial charge in [-0.2, -0.15) is 0 Å². The quantitative estimate of drug-likeness (QED) is 0.545. The molecule has 0 rings (SSSR count). The van der Waals surface area contributed by atoms with E-state index >= 15 is 0 Å². The number of nitrogens with two attached hydrogens (primary N) is 2. The molecule has 0 aliphatic rings. The van der Waals surface area contributed by atoms with Crippen molar-refractivity contribution in [2.24, 2.45) is 11.5 Å². The molecule has 6 nitrogen and oxygen atoms in total. The van der Waals surface area contributed by atoms with Gasteiger partial charge in [-0.1, -0.05) is 0 Å². The first-order chi connectivity index (χ1) is 6.63. The first-order valence-electron chi connectivity index (χ1n) is 4.60. The summed E-state index contributed by atoms with van der Waals surface area (Å²) in [6.07, 6.45) is -0.135. The minimum atomic E-state index is -1.19. The molecule has 0 aromatic heterocycles. The van der Waals surface area contributed by atoms with E-state index in [2.05, 4.69) is 0 Å². The van der Waals surface area contributed by atoms with Crippen LogP contribution in [0, 0.1) is 0 Å². The lowest BCUT2D eigenvalue weighted by Gasteiger charge is -2.22. The van der Waals surface area contributed by atoms with Gasteiger partial charge in [0.25, 0.3) is 0 Å². The molecule has 2 atom stereocenters. The van der Waals surface area contributed by atoms with Crippen molar-refractivity contribution < 1.29 is 19.4 Å². The highest BCUT2D eigenvalue weighted by molar-refractivity contribution is 5.78. The molecule has 88 valence electrons. The summed E-state index contributed by atoms with van der Waals surface area (Å²) in [5.74, 6) is -1.83. The Balaban J connectivity index is 4.17. The number of hydrogen-bond donors (Lipinski definition) is 3. The second kappa shape index (κ2) is 5.09. The van der Waals surface area contributed by atoms with E-state index in [0.717, 1.165) is 0 Å². The summed E-state index contributed by atoms with van der Waals surface area (Å²) >= 11 is 0. The fraction of sp³-hybridized carbons (Fsp3) is 0.778. The zero-order chi connectivity index (χ0) is 12.2. The maximum absolute atomic E-state index is 11.3. The number of aliphatic carboxylic acids is 1. The maximum atomic E-state index is 11.3. The fourth-order valence-corrected chi connectivity index (χ4v) is 0.848. The number of carboxylic acid groups (broad SMARTS) is 1. The number of carbonyl (C=O) groups is 2. The second-order valence-corrected chi connectivity index (χ2v) is 4.32. The van der Waals surface area contributed by atoms with E-state index < -0.39 is 29.6 Å². The Bertz CT molecular complexity index is 247. The lowest BCUT2D eigenvalue weighted by atomic mass is 10.1. The van der Waals surface area contributed by atoms with Gasteiger partial charge in [0, 0.05) is 0 Å². The van der Waals surface area contributed by atoms with Gasteiger partial charge < -0.3 is 21.3 Å². The minimum Gasteiger partial charge on any atom is -0.480 e. The van der Waals surface area contributed by atoms with Crippen LogP contribution >= 0.6 is 0 Å². The molecule has 0 saturated heterocycles. The van der Waals surface area contributed by atoms with Gasteiger partial charge in [-0.3, -0.25) is 9.59 Å². The van der Waals surface area contributed by atoms with Crippen molar-refractivity contribution in [3.8, 4) is 0 Å². The largest absolute Gasteiger partial charge is 0.480 e. The monoisotopic (exact) mass is 218 g/mol. The molecule has 0 saturated carbocycles. The highest BCUT2D eigenvalue weighted by Crippen LogP contribution is 2.09. The Morgan fingerprint density at radius 1 is 1.27 bits per heavy atom. The maximum Gasteiger partial charge on any atom is 0.323 e. The van der Waals surface area contributed by atoms with Gasteiger partial charge >= 0.3 is 11.9 Å². The van der Waals surface area contributed by atoms with Gasteiger partial charge in [0.05, 0.1) is 0 Å². The number of esters is 1. The Hall–Kier alpha value is -1.14. The van der Waals surface area contributed by atoms with E-state index in [1.807, 2.05) is 0 Å². The molecule has 0 fully saturated rings. The van der Waals surface area contributed by atoms with Crippen LogP contribution < -0.4 is 11.5 Å². The van der Waals surface area contributed by atoms with Crippen LogP contribution in [0.5, 0.6) is 0 Å². The van der Waals surface area contributed by atoms with E-state index in [1.54, 1.807) is 20.8 Å². The number of rotatable bonds is 4. The Morgan fingerprint density at radius 2 is 1.73 bits per heavy atom. The summed E-state index contributed by atoms with van der Waals surface area (Å²) in [5.41, 5.74) is 10.0. The standard InChI is InChI=1S/C9H18N2O4/c1-9(2,3)15-8(14)6(11)4-5(10)7(12)13/h5-6H,4,10-11H2,1-3H3,(H,12,13). The zero-order valence-corrected chi connectivity index (χ0v) is 9.19. The average molecular weight is 218 g/mol. The smallest absolute Gasteiger partial charge is 0.323 e. The summed E-state index contributed by atoms with van der Waals surface area (Å²) in [6.45, 7) is 5.11. The molecule has 0 bridgehead atoms. The second-order valence-electron chi connectivity index (χ2n) is 4.32. The van der Waals surface area contributed by atoms with Gasteiger partial charge in [0.15, 0.2) is 0 Å². The third-order valence-electron chi connectivity index (χ3n) is 1.53. The van der Waals surface area contributed by atoms with Gasteiger partial charge in [-0.05, 0) is 27.2 Å². The van der Waals surface area contributed by atoms with E-state index in [-0.39, 0.29) is 6.42 Å². The van der Waals surface area contributed by atoms with Crippen molar-refractivity contribution in [3.63, 3.8) is 0 Å². The van der Waals surface area contributed by atoms with Crippen LogP contribution in [-0.4, -0.2) is 34.7 Å². The molecule has 6 heteroatoms. The van der Waals surface area contributed by atoms with Crippen molar-refractivity contribution in [2.45, 2.75) is 44.9 Å². The van der Waals surface area contributed by atoms with Crippen LogP contribution in [0.2, 0.25) is 0 Å². The summed E-state index contributed by atoms with van der Waals surface area (Å²) in [7, 11) is 0. The highest BCUT2D eigenvalue weighted by Gasteiger charge is 2.25. The van der Waals surface area contributed by atoms with Crippen LogP contribution in [0.15, 0.2) is 0 Å². The first kappa shape index (κ1) is 13.9. The van der Waals surface area contributed by atoms with Crippen molar-refractivity contribution in [1.82, 2.24) is 0 Å². The van der Waals surface area contributed by atoms with Gasteiger partial charge in [-0.25, -0.2) is 0 Å². The molecule has 2 unspecified atom stereocenters. The van der Waals surface area contributed by atoms with Gasteiger partial charge in [0.2, 0.25) is 0 Å². The molecule has 0 amide bonds. The van der Waals surface area contributed by atoms with Crippen molar-refractivity contribution >= 4 is 11.9 Å². The van der Waals surface area contributed by atoms with Crippen LogP contribution in [0.25, 0.3) is 0 Å². The van der Waals surface area contributed by atoms with Crippen LogP contribution in [0.1, 0.15) is 27.2 Å². The van der Waals surface area contributed by atoms with E-state index in [0.29, 0.717) is 0 Å². The molecular weight excluding hydrogens is 200 g/mol. The molecule has 0 spiro atoms.